The van der Waals surface area contributed by atoms with Gasteiger partial charge in [-0.05, 0) is 18.9 Å². The average molecular weight is 429 g/mol. The van der Waals surface area contributed by atoms with E-state index >= 15 is 0 Å². The van der Waals surface area contributed by atoms with Crippen LogP contribution in [0.5, 0.6) is 0 Å². The maximum atomic E-state index is 12.5. The van der Waals surface area contributed by atoms with Gasteiger partial charge in [0, 0.05) is 37.2 Å². The highest BCUT2D eigenvalue weighted by atomic mass is 16.2. The van der Waals surface area contributed by atoms with Crippen LogP contribution in [0.2, 0.25) is 0 Å². The number of anilines is 4. The van der Waals surface area contributed by atoms with Crippen molar-refractivity contribution in [3.8, 4) is 11.1 Å². The Balaban J connectivity index is 1.42. The largest absolute Gasteiger partial charge is 0.366 e. The molecule has 2 aromatic heterocycles. The van der Waals surface area contributed by atoms with Gasteiger partial charge in [0.2, 0.25) is 5.91 Å². The average Bonchev–Trinajstić information content (AvgIpc) is 3.47. The molecule has 32 heavy (non-hydrogen) atoms. The number of nitrogens with zero attached hydrogens (tertiary/aromatic N) is 4. The molecule has 162 valence electrons. The van der Waals surface area contributed by atoms with Crippen molar-refractivity contribution in [1.82, 2.24) is 20.1 Å². The van der Waals surface area contributed by atoms with Crippen molar-refractivity contribution < 1.29 is 9.59 Å². The molecule has 2 amide bonds. The minimum Gasteiger partial charge on any atom is -0.366 e. The van der Waals surface area contributed by atoms with Crippen LogP contribution in [0.1, 0.15) is 34.6 Å². The van der Waals surface area contributed by atoms with Gasteiger partial charge in [0.15, 0.2) is 0 Å². The predicted molar refractivity (Wildman–Crippen MR) is 121 cm³/mol. The SMILES string of the molecule is CN1Cc2c(cnn2C)-c2cccc(Nc3cc(NC(=O)C4CC4)nc4c3C(=O)NC4)c21. The summed E-state index contributed by atoms with van der Waals surface area (Å²) in [5.74, 6) is 0.362. The summed E-state index contributed by atoms with van der Waals surface area (Å²) in [7, 11) is 4.00. The molecule has 3 aromatic rings. The monoisotopic (exact) mass is 429 g/mol. The van der Waals surface area contributed by atoms with Crippen molar-refractivity contribution in [2.45, 2.75) is 25.9 Å². The molecule has 4 heterocycles. The van der Waals surface area contributed by atoms with Crippen LogP contribution >= 0.6 is 0 Å². The molecule has 0 bridgehead atoms. The Hall–Kier alpha value is -3.88. The Morgan fingerprint density at radius 2 is 2.03 bits per heavy atom. The number of para-hydroxylation sites is 1. The molecule has 9 heteroatoms. The number of nitrogens with one attached hydrogen (secondary N) is 3. The van der Waals surface area contributed by atoms with Gasteiger partial charge < -0.3 is 20.9 Å². The van der Waals surface area contributed by atoms with Crippen LogP contribution in [0, 0.1) is 5.92 Å². The summed E-state index contributed by atoms with van der Waals surface area (Å²) >= 11 is 0. The van der Waals surface area contributed by atoms with Gasteiger partial charge in [-0.3, -0.25) is 14.3 Å². The fourth-order valence-electron chi connectivity index (χ4n) is 4.57. The molecule has 1 fully saturated rings. The van der Waals surface area contributed by atoms with E-state index in [1.54, 1.807) is 6.07 Å². The summed E-state index contributed by atoms with van der Waals surface area (Å²) in [5, 5.41) is 13.6. The fourth-order valence-corrected chi connectivity index (χ4v) is 4.57. The van der Waals surface area contributed by atoms with Crippen LogP contribution in [0.25, 0.3) is 11.1 Å². The van der Waals surface area contributed by atoms with E-state index < -0.39 is 0 Å². The Bertz CT molecular complexity index is 1290. The Kier molecular flexibility index (Phi) is 4.01. The van der Waals surface area contributed by atoms with E-state index in [9.17, 15) is 9.59 Å². The van der Waals surface area contributed by atoms with Crippen LogP contribution in [0.3, 0.4) is 0 Å². The number of pyridine rings is 1. The lowest BCUT2D eigenvalue weighted by atomic mass is 9.98. The van der Waals surface area contributed by atoms with E-state index in [0.717, 1.165) is 47.6 Å². The number of carbonyl (C=O) groups excluding carboxylic acids is 2. The van der Waals surface area contributed by atoms with Gasteiger partial charge in [-0.1, -0.05) is 12.1 Å². The van der Waals surface area contributed by atoms with E-state index in [2.05, 4.69) is 37.0 Å². The molecular weight excluding hydrogens is 406 g/mol. The summed E-state index contributed by atoms with van der Waals surface area (Å²) in [5.41, 5.74) is 7.07. The lowest BCUT2D eigenvalue weighted by Gasteiger charge is -2.30. The molecule has 1 aromatic carbocycles. The number of rotatable bonds is 4. The molecule has 1 aliphatic carbocycles. The molecule has 6 rings (SSSR count). The number of hydrogen-bond acceptors (Lipinski definition) is 6. The van der Waals surface area contributed by atoms with Crippen LogP contribution in [0.4, 0.5) is 22.9 Å². The number of fused-ring (bicyclic) bond motifs is 4. The first-order valence-electron chi connectivity index (χ1n) is 10.7. The molecule has 3 aliphatic rings. The minimum absolute atomic E-state index is 0.0124. The lowest BCUT2D eigenvalue weighted by molar-refractivity contribution is -0.117. The van der Waals surface area contributed by atoms with Gasteiger partial charge in [0.25, 0.3) is 5.91 Å². The summed E-state index contributed by atoms with van der Waals surface area (Å²) in [4.78, 5) is 31.5. The Morgan fingerprint density at radius 3 is 2.84 bits per heavy atom. The summed E-state index contributed by atoms with van der Waals surface area (Å²) in [6.45, 7) is 1.08. The second-order valence-electron chi connectivity index (χ2n) is 8.63. The van der Waals surface area contributed by atoms with Crippen molar-refractivity contribution in [3.05, 3.63) is 47.4 Å². The first-order chi connectivity index (χ1) is 15.5. The molecular formula is C23H23N7O2. The highest BCUT2D eigenvalue weighted by Gasteiger charge is 2.32. The van der Waals surface area contributed by atoms with E-state index in [-0.39, 0.29) is 17.7 Å². The van der Waals surface area contributed by atoms with Gasteiger partial charge in [-0.25, -0.2) is 4.98 Å². The molecule has 0 atom stereocenters. The zero-order valence-corrected chi connectivity index (χ0v) is 17.9. The van der Waals surface area contributed by atoms with E-state index in [0.29, 0.717) is 29.3 Å². The van der Waals surface area contributed by atoms with Crippen molar-refractivity contribution in [2.24, 2.45) is 13.0 Å². The quantitative estimate of drug-likeness (QED) is 0.589. The Morgan fingerprint density at radius 1 is 1.19 bits per heavy atom. The number of benzene rings is 1. The fraction of sp³-hybridized carbons (Fsp3) is 0.304. The summed E-state index contributed by atoms with van der Waals surface area (Å²) < 4.78 is 1.91. The lowest BCUT2D eigenvalue weighted by Crippen LogP contribution is -2.24. The molecule has 0 unspecified atom stereocenters. The standard InChI is InChI=1S/C23H23N7O2/c1-29-11-18-14(9-25-30(18)2)13-4-3-5-15(21(13)29)26-16-8-19(28-22(31)12-6-7-12)27-17-10-24-23(32)20(16)17/h3-5,8-9,12H,6-7,10-11H2,1-2H3,(H,24,32)(H2,26,27,28,31). The number of aromatic nitrogens is 3. The summed E-state index contributed by atoms with van der Waals surface area (Å²) in [6.07, 6.45) is 3.73. The smallest absolute Gasteiger partial charge is 0.255 e. The Labute approximate surface area is 184 Å². The molecule has 0 radical (unpaired) electrons. The first kappa shape index (κ1) is 18.9. The molecule has 1 saturated carbocycles. The molecule has 3 N–H and O–H groups in total. The van der Waals surface area contributed by atoms with Crippen molar-refractivity contribution in [2.75, 3.05) is 22.6 Å². The second-order valence-corrected chi connectivity index (χ2v) is 8.63. The third kappa shape index (κ3) is 2.92. The molecule has 2 aliphatic heterocycles. The number of carbonyl (C=O) groups is 2. The molecule has 0 spiro atoms. The van der Waals surface area contributed by atoms with Crippen LogP contribution in [-0.2, 0) is 24.9 Å². The maximum Gasteiger partial charge on any atom is 0.255 e. The predicted octanol–water partition coefficient (Wildman–Crippen LogP) is 2.77. The molecule has 9 nitrogen and oxygen atoms in total. The maximum absolute atomic E-state index is 12.5. The van der Waals surface area contributed by atoms with Crippen LogP contribution in [0.15, 0.2) is 30.5 Å². The zero-order chi connectivity index (χ0) is 22.0. The minimum atomic E-state index is -0.164. The van der Waals surface area contributed by atoms with Crippen LogP contribution < -0.4 is 20.9 Å². The first-order valence-corrected chi connectivity index (χ1v) is 10.7. The number of amides is 2. The highest BCUT2D eigenvalue weighted by Crippen LogP contribution is 2.44. The van der Waals surface area contributed by atoms with E-state index in [1.807, 2.05) is 37.1 Å². The summed E-state index contributed by atoms with van der Waals surface area (Å²) in [6, 6.07) is 7.83. The zero-order valence-electron chi connectivity index (χ0n) is 17.9. The van der Waals surface area contributed by atoms with E-state index in [4.69, 9.17) is 0 Å². The third-order valence-corrected chi connectivity index (χ3v) is 6.36. The normalized spacial score (nSPS) is 16.2. The van der Waals surface area contributed by atoms with Crippen molar-refractivity contribution >= 4 is 34.7 Å². The highest BCUT2D eigenvalue weighted by molar-refractivity contribution is 6.05. The van der Waals surface area contributed by atoms with Gasteiger partial charge in [0.05, 0.1) is 53.3 Å². The molecule has 0 saturated heterocycles. The van der Waals surface area contributed by atoms with Crippen molar-refractivity contribution in [3.63, 3.8) is 0 Å². The topological polar surface area (TPSA) is 104 Å². The van der Waals surface area contributed by atoms with Crippen LogP contribution in [-0.4, -0.2) is 33.6 Å². The van der Waals surface area contributed by atoms with Gasteiger partial charge in [0.1, 0.15) is 5.82 Å². The number of aryl methyl sites for hydroxylation is 1. The van der Waals surface area contributed by atoms with Gasteiger partial charge >= 0.3 is 0 Å². The van der Waals surface area contributed by atoms with Crippen molar-refractivity contribution in [1.29, 1.82) is 0 Å². The van der Waals surface area contributed by atoms with E-state index in [1.165, 1.54) is 0 Å². The van der Waals surface area contributed by atoms with Gasteiger partial charge in [-0.15, -0.1) is 0 Å². The second kappa shape index (κ2) is 6.81. The third-order valence-electron chi connectivity index (χ3n) is 6.36. The number of hydrogen-bond donors (Lipinski definition) is 3. The van der Waals surface area contributed by atoms with Gasteiger partial charge in [-0.2, -0.15) is 5.10 Å².